The molecule has 1 N–H and O–H groups in total. The first-order chi connectivity index (χ1) is 14.9. The molecule has 0 unspecified atom stereocenters. The first-order valence-corrected chi connectivity index (χ1v) is 9.73. The number of halogens is 1. The van der Waals surface area contributed by atoms with E-state index in [0.717, 1.165) is 10.6 Å². The van der Waals surface area contributed by atoms with Gasteiger partial charge in [0, 0.05) is 29.2 Å². The fourth-order valence-electron chi connectivity index (χ4n) is 2.74. The highest BCUT2D eigenvalue weighted by atomic mass is 35.5. The summed E-state index contributed by atoms with van der Waals surface area (Å²) >= 11 is 6.09. The number of rotatable bonds is 5. The molecule has 3 amide bonds. The number of benzene rings is 2. The van der Waals surface area contributed by atoms with Crippen LogP contribution in [0.25, 0.3) is 0 Å². The number of aromatic nitrogens is 1. The number of carbonyl (C=O) groups is 3. The highest BCUT2D eigenvalue weighted by molar-refractivity contribution is 6.31. The molecule has 0 fully saturated rings. The lowest BCUT2D eigenvalue weighted by Crippen LogP contribution is -2.33. The van der Waals surface area contributed by atoms with E-state index in [1.54, 1.807) is 49.5 Å². The van der Waals surface area contributed by atoms with Crippen molar-refractivity contribution in [2.24, 2.45) is 5.10 Å². The van der Waals surface area contributed by atoms with Gasteiger partial charge in [-0.25, -0.2) is 0 Å². The quantitative estimate of drug-likeness (QED) is 0.361. The van der Waals surface area contributed by atoms with Crippen LogP contribution in [0.15, 0.2) is 72.1 Å². The Hall–Kier alpha value is -3.84. The SMILES string of the molecule is CC=NN(C(=O)c1ccc(C)cc1)C(=O)c1cc(Cl)ccc1NC(=O)c1cccnc1. The minimum Gasteiger partial charge on any atom is -0.321 e. The Balaban J connectivity index is 1.96. The Kier molecular flexibility index (Phi) is 6.89. The monoisotopic (exact) mass is 434 g/mol. The Bertz CT molecular complexity index is 1150. The summed E-state index contributed by atoms with van der Waals surface area (Å²) in [6, 6.07) is 14.4. The molecule has 156 valence electrons. The van der Waals surface area contributed by atoms with Crippen LogP contribution in [0, 0.1) is 6.92 Å². The maximum absolute atomic E-state index is 13.3. The summed E-state index contributed by atoms with van der Waals surface area (Å²) in [4.78, 5) is 42.7. The lowest BCUT2D eigenvalue weighted by atomic mass is 10.1. The molecule has 0 saturated carbocycles. The molecule has 1 aromatic heterocycles. The second kappa shape index (κ2) is 9.77. The summed E-state index contributed by atoms with van der Waals surface area (Å²) in [5.41, 5.74) is 1.80. The first-order valence-electron chi connectivity index (χ1n) is 9.35. The largest absolute Gasteiger partial charge is 0.321 e. The number of hydrogen-bond acceptors (Lipinski definition) is 5. The molecular formula is C23H19ClN4O3. The number of pyridine rings is 1. The molecule has 0 radical (unpaired) electrons. The van der Waals surface area contributed by atoms with Crippen molar-refractivity contribution in [1.82, 2.24) is 9.99 Å². The number of carbonyl (C=O) groups excluding carboxylic acids is 3. The summed E-state index contributed by atoms with van der Waals surface area (Å²) < 4.78 is 0. The Labute approximate surface area is 184 Å². The average Bonchev–Trinajstić information content (AvgIpc) is 2.79. The predicted molar refractivity (Wildman–Crippen MR) is 119 cm³/mol. The van der Waals surface area contributed by atoms with E-state index in [-0.39, 0.29) is 16.3 Å². The van der Waals surface area contributed by atoms with E-state index in [2.05, 4.69) is 15.4 Å². The van der Waals surface area contributed by atoms with Crippen LogP contribution >= 0.6 is 11.6 Å². The van der Waals surface area contributed by atoms with Gasteiger partial charge in [0.1, 0.15) is 0 Å². The second-order valence-electron chi connectivity index (χ2n) is 6.55. The fraction of sp³-hybridized carbons (Fsp3) is 0.0870. The van der Waals surface area contributed by atoms with Gasteiger partial charge in [0.2, 0.25) is 0 Å². The first kappa shape index (κ1) is 21.9. The van der Waals surface area contributed by atoms with Crippen LogP contribution in [0.3, 0.4) is 0 Å². The van der Waals surface area contributed by atoms with Gasteiger partial charge in [-0.2, -0.15) is 10.1 Å². The maximum Gasteiger partial charge on any atom is 0.283 e. The van der Waals surface area contributed by atoms with E-state index in [0.29, 0.717) is 11.1 Å². The number of imide groups is 1. The maximum atomic E-state index is 13.3. The van der Waals surface area contributed by atoms with Gasteiger partial charge in [-0.1, -0.05) is 29.3 Å². The normalized spacial score (nSPS) is 10.7. The zero-order valence-electron chi connectivity index (χ0n) is 16.9. The van der Waals surface area contributed by atoms with Crippen molar-refractivity contribution in [3.05, 3.63) is 94.3 Å². The Morgan fingerprint density at radius 2 is 1.77 bits per heavy atom. The topological polar surface area (TPSA) is 91.7 Å². The number of nitrogens with one attached hydrogen (secondary N) is 1. The Morgan fingerprint density at radius 1 is 1.03 bits per heavy atom. The van der Waals surface area contributed by atoms with E-state index in [9.17, 15) is 14.4 Å². The minimum atomic E-state index is -0.729. The fourth-order valence-corrected chi connectivity index (χ4v) is 2.91. The van der Waals surface area contributed by atoms with Crippen LogP contribution < -0.4 is 5.32 Å². The number of nitrogens with zero attached hydrogens (tertiary/aromatic N) is 3. The van der Waals surface area contributed by atoms with Gasteiger partial charge in [-0.3, -0.25) is 19.4 Å². The van der Waals surface area contributed by atoms with Crippen LogP contribution in [0.1, 0.15) is 43.6 Å². The molecule has 0 aliphatic heterocycles. The van der Waals surface area contributed by atoms with Gasteiger partial charge in [-0.05, 0) is 56.3 Å². The summed E-state index contributed by atoms with van der Waals surface area (Å²) in [5.74, 6) is -1.79. The molecule has 0 aliphatic rings. The van der Waals surface area contributed by atoms with Crippen LogP contribution in [-0.4, -0.2) is 33.9 Å². The number of amides is 3. The van der Waals surface area contributed by atoms with Crippen molar-refractivity contribution in [2.75, 3.05) is 5.32 Å². The van der Waals surface area contributed by atoms with Crippen LogP contribution in [0.2, 0.25) is 5.02 Å². The standard InChI is InChI=1S/C23H19ClN4O3/c1-3-26-28(22(30)16-8-6-15(2)7-9-16)23(31)19-13-18(24)10-11-20(19)27-21(29)17-5-4-12-25-14-17/h3-14H,1-2H3,(H,27,29). The van der Waals surface area contributed by atoms with E-state index < -0.39 is 17.7 Å². The minimum absolute atomic E-state index is 0.0239. The molecule has 0 spiro atoms. The van der Waals surface area contributed by atoms with Crippen molar-refractivity contribution in [2.45, 2.75) is 13.8 Å². The smallest absolute Gasteiger partial charge is 0.283 e. The molecule has 3 rings (SSSR count). The summed E-state index contributed by atoms with van der Waals surface area (Å²) in [6.07, 6.45) is 4.29. The van der Waals surface area contributed by atoms with Crippen LogP contribution in [0.5, 0.6) is 0 Å². The highest BCUT2D eigenvalue weighted by Gasteiger charge is 2.26. The highest BCUT2D eigenvalue weighted by Crippen LogP contribution is 2.24. The molecule has 0 atom stereocenters. The Morgan fingerprint density at radius 3 is 2.42 bits per heavy atom. The number of anilines is 1. The van der Waals surface area contributed by atoms with Gasteiger partial charge >= 0.3 is 0 Å². The van der Waals surface area contributed by atoms with Crippen molar-refractivity contribution in [1.29, 1.82) is 0 Å². The molecule has 7 nitrogen and oxygen atoms in total. The number of aryl methyl sites for hydroxylation is 1. The zero-order chi connectivity index (χ0) is 22.4. The molecule has 8 heteroatoms. The van der Waals surface area contributed by atoms with Crippen LogP contribution in [0.4, 0.5) is 5.69 Å². The van der Waals surface area contributed by atoms with Crippen LogP contribution in [-0.2, 0) is 0 Å². The van der Waals surface area contributed by atoms with Gasteiger partial charge in [0.05, 0.1) is 16.8 Å². The van der Waals surface area contributed by atoms with E-state index in [1.165, 1.54) is 30.6 Å². The van der Waals surface area contributed by atoms with Gasteiger partial charge in [0.15, 0.2) is 0 Å². The van der Waals surface area contributed by atoms with E-state index >= 15 is 0 Å². The summed E-state index contributed by atoms with van der Waals surface area (Å²) in [6.45, 7) is 3.48. The molecule has 3 aromatic rings. The third kappa shape index (κ3) is 5.21. The molecule has 0 bridgehead atoms. The molecule has 1 heterocycles. The summed E-state index contributed by atoms with van der Waals surface area (Å²) in [7, 11) is 0. The number of hydrazone groups is 1. The van der Waals surface area contributed by atoms with E-state index in [1.807, 2.05) is 6.92 Å². The van der Waals surface area contributed by atoms with Crippen molar-refractivity contribution in [3.8, 4) is 0 Å². The third-order valence-electron chi connectivity index (χ3n) is 4.30. The zero-order valence-corrected chi connectivity index (χ0v) is 17.6. The summed E-state index contributed by atoms with van der Waals surface area (Å²) in [5, 5.41) is 7.64. The van der Waals surface area contributed by atoms with Gasteiger partial charge < -0.3 is 5.32 Å². The third-order valence-corrected chi connectivity index (χ3v) is 4.53. The lowest BCUT2D eigenvalue weighted by Gasteiger charge is -2.18. The molecule has 2 aromatic carbocycles. The molecular weight excluding hydrogens is 416 g/mol. The predicted octanol–water partition coefficient (Wildman–Crippen LogP) is 4.58. The van der Waals surface area contributed by atoms with Crippen molar-refractivity contribution in [3.63, 3.8) is 0 Å². The molecule has 0 saturated heterocycles. The van der Waals surface area contributed by atoms with Gasteiger partial charge in [-0.15, -0.1) is 0 Å². The van der Waals surface area contributed by atoms with E-state index in [4.69, 9.17) is 11.6 Å². The molecule has 0 aliphatic carbocycles. The van der Waals surface area contributed by atoms with Crippen molar-refractivity contribution >= 4 is 41.2 Å². The molecule has 31 heavy (non-hydrogen) atoms. The van der Waals surface area contributed by atoms with Gasteiger partial charge in [0.25, 0.3) is 17.7 Å². The van der Waals surface area contributed by atoms with Crippen molar-refractivity contribution < 1.29 is 14.4 Å². The second-order valence-corrected chi connectivity index (χ2v) is 6.98. The lowest BCUT2D eigenvalue weighted by molar-refractivity contribution is 0.0622. The number of hydrogen-bond donors (Lipinski definition) is 1. The average molecular weight is 435 g/mol.